The number of benzene rings is 1. The van der Waals surface area contributed by atoms with Crippen LogP contribution < -0.4 is 10.6 Å². The number of carbonyl (C=O) groups is 1. The summed E-state index contributed by atoms with van der Waals surface area (Å²) in [6.45, 7) is 2.94. The molecule has 8 heteroatoms. The van der Waals surface area contributed by atoms with Crippen LogP contribution >= 0.6 is 11.3 Å². The lowest BCUT2D eigenvalue weighted by Gasteiger charge is -2.34. The Bertz CT molecular complexity index is 866. The molecule has 6 nitrogen and oxygen atoms in total. The molecule has 2 heterocycles. The first-order chi connectivity index (χ1) is 13.0. The highest BCUT2D eigenvalue weighted by Crippen LogP contribution is 2.29. The lowest BCUT2D eigenvalue weighted by Crippen LogP contribution is -2.45. The predicted octanol–water partition coefficient (Wildman–Crippen LogP) is 3.81. The van der Waals surface area contributed by atoms with Crippen molar-refractivity contribution >= 4 is 33.1 Å². The number of urea groups is 1. The standard InChI is InChI=1S/C19H25N3O3S2/c1-15-6-4-7-16(14-15)21-19(23)20-11-10-17-8-2-3-12-22(17)27(24,25)18-9-5-13-26-18/h4-7,9,13-14,17H,2-3,8,10-12H2,1H3,(H2,20,21,23)/t17-/m1/s1. The maximum Gasteiger partial charge on any atom is 0.319 e. The average Bonchev–Trinajstić information content (AvgIpc) is 3.17. The van der Waals surface area contributed by atoms with Crippen molar-refractivity contribution < 1.29 is 13.2 Å². The number of rotatable bonds is 6. The Balaban J connectivity index is 1.55. The summed E-state index contributed by atoms with van der Waals surface area (Å²) in [4.78, 5) is 12.1. The second kappa shape index (κ2) is 8.86. The number of nitrogens with one attached hydrogen (secondary N) is 2. The minimum Gasteiger partial charge on any atom is -0.338 e. The van der Waals surface area contributed by atoms with Crippen molar-refractivity contribution in [3.8, 4) is 0 Å². The number of carbonyl (C=O) groups excluding carboxylic acids is 1. The number of anilines is 1. The Morgan fingerprint density at radius 2 is 2.11 bits per heavy atom. The molecule has 0 aliphatic carbocycles. The topological polar surface area (TPSA) is 78.5 Å². The van der Waals surface area contributed by atoms with E-state index < -0.39 is 10.0 Å². The van der Waals surface area contributed by atoms with Crippen molar-refractivity contribution in [1.29, 1.82) is 0 Å². The zero-order chi connectivity index (χ0) is 19.3. The van der Waals surface area contributed by atoms with Crippen LogP contribution in [-0.2, 0) is 10.0 Å². The van der Waals surface area contributed by atoms with Gasteiger partial charge in [-0.15, -0.1) is 11.3 Å². The van der Waals surface area contributed by atoms with Gasteiger partial charge in [-0.25, -0.2) is 13.2 Å². The minimum absolute atomic E-state index is 0.0786. The highest BCUT2D eigenvalue weighted by atomic mass is 32.2. The van der Waals surface area contributed by atoms with Crippen molar-refractivity contribution in [3.63, 3.8) is 0 Å². The molecule has 0 unspecified atom stereocenters. The van der Waals surface area contributed by atoms with Crippen LogP contribution in [0.1, 0.15) is 31.2 Å². The highest BCUT2D eigenvalue weighted by molar-refractivity contribution is 7.91. The summed E-state index contributed by atoms with van der Waals surface area (Å²) < 4.78 is 27.7. The first kappa shape index (κ1) is 19.9. The maximum atomic E-state index is 12.9. The van der Waals surface area contributed by atoms with Crippen molar-refractivity contribution in [1.82, 2.24) is 9.62 Å². The van der Waals surface area contributed by atoms with Gasteiger partial charge in [-0.05, 0) is 55.3 Å². The number of amides is 2. The molecule has 1 fully saturated rings. The van der Waals surface area contributed by atoms with Gasteiger partial charge in [0.15, 0.2) is 0 Å². The fraction of sp³-hybridized carbons (Fsp3) is 0.421. The van der Waals surface area contributed by atoms with Crippen LogP contribution in [0.15, 0.2) is 46.0 Å². The second-order valence-corrected chi connectivity index (χ2v) is 9.80. The summed E-state index contributed by atoms with van der Waals surface area (Å²) in [5.41, 5.74) is 1.82. The van der Waals surface area contributed by atoms with Crippen LogP contribution in [0.4, 0.5) is 10.5 Å². The van der Waals surface area contributed by atoms with E-state index in [4.69, 9.17) is 0 Å². The largest absolute Gasteiger partial charge is 0.338 e. The van der Waals surface area contributed by atoms with E-state index in [1.54, 1.807) is 21.8 Å². The SMILES string of the molecule is Cc1cccc(NC(=O)NCC[C@H]2CCCCN2S(=O)(=O)c2cccs2)c1. The third-order valence-corrected chi connectivity index (χ3v) is 8.00. The summed E-state index contributed by atoms with van der Waals surface area (Å²) in [7, 11) is -3.45. The van der Waals surface area contributed by atoms with Gasteiger partial charge in [0, 0.05) is 24.8 Å². The Kier molecular flexibility index (Phi) is 6.51. The van der Waals surface area contributed by atoms with Crippen LogP contribution in [0.5, 0.6) is 0 Å². The number of nitrogens with zero attached hydrogens (tertiary/aromatic N) is 1. The molecule has 1 aliphatic heterocycles. The minimum atomic E-state index is -3.45. The third kappa shape index (κ3) is 5.09. The molecule has 0 spiro atoms. The van der Waals surface area contributed by atoms with E-state index in [1.807, 2.05) is 31.2 Å². The number of sulfonamides is 1. The summed E-state index contributed by atoms with van der Waals surface area (Å²) in [5.74, 6) is 0. The van der Waals surface area contributed by atoms with Gasteiger partial charge in [-0.3, -0.25) is 0 Å². The number of hydrogen-bond donors (Lipinski definition) is 2. The Hall–Kier alpha value is -1.90. The third-order valence-electron chi connectivity index (χ3n) is 4.67. The Morgan fingerprint density at radius 3 is 2.85 bits per heavy atom. The van der Waals surface area contributed by atoms with Gasteiger partial charge >= 0.3 is 6.03 Å². The normalized spacial score (nSPS) is 18.2. The molecule has 3 rings (SSSR count). The summed E-state index contributed by atoms with van der Waals surface area (Å²) in [6.07, 6.45) is 3.32. The fourth-order valence-corrected chi connectivity index (χ4v) is 6.20. The van der Waals surface area contributed by atoms with Gasteiger partial charge in [0.1, 0.15) is 4.21 Å². The molecule has 1 aliphatic rings. The summed E-state index contributed by atoms with van der Waals surface area (Å²) in [5, 5.41) is 7.42. The first-order valence-corrected chi connectivity index (χ1v) is 11.5. The number of hydrogen-bond acceptors (Lipinski definition) is 4. The Morgan fingerprint density at radius 1 is 1.26 bits per heavy atom. The van der Waals surface area contributed by atoms with Gasteiger partial charge in [0.2, 0.25) is 0 Å². The van der Waals surface area contributed by atoms with E-state index in [0.29, 0.717) is 23.7 Å². The van der Waals surface area contributed by atoms with Gasteiger partial charge < -0.3 is 10.6 Å². The highest BCUT2D eigenvalue weighted by Gasteiger charge is 2.33. The maximum absolute atomic E-state index is 12.9. The molecule has 0 saturated carbocycles. The smallest absolute Gasteiger partial charge is 0.319 e. The lowest BCUT2D eigenvalue weighted by molar-refractivity contribution is 0.234. The van der Waals surface area contributed by atoms with E-state index in [2.05, 4.69) is 10.6 Å². The van der Waals surface area contributed by atoms with Gasteiger partial charge in [-0.1, -0.05) is 24.6 Å². The molecule has 2 aromatic rings. The molecular weight excluding hydrogens is 382 g/mol. The summed E-state index contributed by atoms with van der Waals surface area (Å²) >= 11 is 1.25. The van der Waals surface area contributed by atoms with E-state index in [9.17, 15) is 13.2 Å². The van der Waals surface area contributed by atoms with Crippen molar-refractivity contribution in [2.45, 2.75) is 42.9 Å². The molecule has 0 radical (unpaired) electrons. The van der Waals surface area contributed by atoms with Crippen LogP contribution in [0.25, 0.3) is 0 Å². The zero-order valence-corrected chi connectivity index (χ0v) is 17.0. The van der Waals surface area contributed by atoms with E-state index in [0.717, 1.165) is 30.5 Å². The van der Waals surface area contributed by atoms with E-state index in [-0.39, 0.29) is 12.1 Å². The lowest BCUT2D eigenvalue weighted by atomic mass is 10.0. The van der Waals surface area contributed by atoms with E-state index >= 15 is 0 Å². The molecule has 1 saturated heterocycles. The molecule has 1 aromatic heterocycles. The first-order valence-electron chi connectivity index (χ1n) is 9.14. The van der Waals surface area contributed by atoms with Crippen LogP contribution in [0, 0.1) is 6.92 Å². The molecule has 1 atom stereocenters. The molecule has 2 amide bonds. The van der Waals surface area contributed by atoms with Crippen molar-refractivity contribution in [3.05, 3.63) is 47.3 Å². The predicted molar refractivity (Wildman–Crippen MR) is 109 cm³/mol. The molecule has 146 valence electrons. The average molecular weight is 408 g/mol. The number of thiophene rings is 1. The molecular formula is C19H25N3O3S2. The quantitative estimate of drug-likeness (QED) is 0.764. The second-order valence-electron chi connectivity index (χ2n) is 6.74. The zero-order valence-electron chi connectivity index (χ0n) is 15.3. The van der Waals surface area contributed by atoms with Crippen LogP contribution in [0.2, 0.25) is 0 Å². The molecule has 0 bridgehead atoms. The van der Waals surface area contributed by atoms with Crippen molar-refractivity contribution in [2.24, 2.45) is 0 Å². The molecule has 2 N–H and O–H groups in total. The number of aryl methyl sites for hydroxylation is 1. The number of piperidine rings is 1. The van der Waals surface area contributed by atoms with Crippen LogP contribution in [-0.4, -0.2) is 37.9 Å². The Labute approximate surface area is 164 Å². The molecule has 27 heavy (non-hydrogen) atoms. The van der Waals surface area contributed by atoms with Gasteiger partial charge in [0.25, 0.3) is 10.0 Å². The van der Waals surface area contributed by atoms with Gasteiger partial charge in [-0.2, -0.15) is 4.31 Å². The van der Waals surface area contributed by atoms with Crippen LogP contribution in [0.3, 0.4) is 0 Å². The van der Waals surface area contributed by atoms with Gasteiger partial charge in [0.05, 0.1) is 0 Å². The molecule has 1 aromatic carbocycles. The fourth-order valence-electron chi connectivity index (χ4n) is 3.36. The van der Waals surface area contributed by atoms with Crippen molar-refractivity contribution in [2.75, 3.05) is 18.4 Å². The van der Waals surface area contributed by atoms with E-state index in [1.165, 1.54) is 11.3 Å². The monoisotopic (exact) mass is 407 g/mol. The summed E-state index contributed by atoms with van der Waals surface area (Å²) in [6, 6.07) is 10.6.